The lowest BCUT2D eigenvalue weighted by Crippen LogP contribution is -2.25. The van der Waals surface area contributed by atoms with Crippen molar-refractivity contribution in [1.29, 1.82) is 0 Å². The Hall–Kier alpha value is -2.13. The third kappa shape index (κ3) is 4.78. The average Bonchev–Trinajstić information content (AvgIpc) is 2.91. The van der Waals surface area contributed by atoms with Crippen molar-refractivity contribution in [2.45, 2.75) is 25.7 Å². The molecule has 9 heteroatoms. The second kappa shape index (κ2) is 9.18. The monoisotopic (exact) mass is 394 g/mol. The molecule has 2 aromatic rings. The van der Waals surface area contributed by atoms with Gasteiger partial charge in [-0.2, -0.15) is 0 Å². The molecule has 0 bridgehead atoms. The summed E-state index contributed by atoms with van der Waals surface area (Å²) < 4.78 is 34.6. The number of hydrogen-bond acceptors (Lipinski definition) is 7. The number of aromatic nitrogens is 2. The van der Waals surface area contributed by atoms with Crippen LogP contribution in [-0.2, 0) is 10.9 Å². The number of ether oxygens (including phenoxy) is 2. The van der Waals surface area contributed by atoms with Gasteiger partial charge in [0.1, 0.15) is 12.1 Å². The minimum absolute atomic E-state index is 0.511. The lowest BCUT2D eigenvalue weighted by molar-refractivity contribution is 0.356. The van der Waals surface area contributed by atoms with E-state index in [0.29, 0.717) is 24.0 Å². The Balaban J connectivity index is 1.78. The van der Waals surface area contributed by atoms with Crippen LogP contribution in [0.4, 0.5) is 5.82 Å². The number of nitrogens with one attached hydrogen (secondary N) is 1. The maximum atomic E-state index is 10.7. The summed E-state index contributed by atoms with van der Waals surface area (Å²) in [5, 5.41) is 0.943. The third-order valence-corrected chi connectivity index (χ3v) is 5.54. The van der Waals surface area contributed by atoms with E-state index >= 15 is 0 Å². The van der Waals surface area contributed by atoms with E-state index in [1.807, 2.05) is 12.1 Å². The summed E-state index contributed by atoms with van der Waals surface area (Å²) in [6, 6.07) is 3.80. The Morgan fingerprint density at radius 2 is 1.93 bits per heavy atom. The van der Waals surface area contributed by atoms with E-state index < -0.39 is 10.9 Å². The molecule has 1 saturated heterocycles. The highest BCUT2D eigenvalue weighted by atomic mass is 32.2. The molecule has 1 fully saturated rings. The Kier molecular flexibility index (Phi) is 6.68. The lowest BCUT2D eigenvalue weighted by Gasteiger charge is -2.23. The number of anilines is 1. The SMILES string of the molecule is COc1cc2ncnc(N3CCCC(CCN[SH](=O)=O)CC3)c2cc1OC. The number of fused-ring (bicyclic) bond motifs is 1. The van der Waals surface area contributed by atoms with Gasteiger partial charge in [-0.15, -0.1) is 0 Å². The Morgan fingerprint density at radius 1 is 1.15 bits per heavy atom. The Morgan fingerprint density at radius 3 is 2.67 bits per heavy atom. The van der Waals surface area contributed by atoms with E-state index in [0.717, 1.165) is 55.5 Å². The summed E-state index contributed by atoms with van der Waals surface area (Å²) in [5.74, 6) is 2.73. The molecule has 148 valence electrons. The van der Waals surface area contributed by atoms with Crippen molar-refractivity contribution in [3.05, 3.63) is 18.5 Å². The van der Waals surface area contributed by atoms with Gasteiger partial charge < -0.3 is 14.4 Å². The van der Waals surface area contributed by atoms with Crippen LogP contribution in [0.2, 0.25) is 0 Å². The zero-order valence-corrected chi connectivity index (χ0v) is 16.6. The van der Waals surface area contributed by atoms with Crippen LogP contribution < -0.4 is 19.1 Å². The molecule has 1 aromatic carbocycles. The fraction of sp³-hybridized carbons (Fsp3) is 0.556. The summed E-state index contributed by atoms with van der Waals surface area (Å²) in [5.41, 5.74) is 0.821. The van der Waals surface area contributed by atoms with Gasteiger partial charge in [-0.1, -0.05) is 0 Å². The molecule has 0 saturated carbocycles. The summed E-state index contributed by atoms with van der Waals surface area (Å²) in [6.45, 7) is 2.31. The molecule has 0 radical (unpaired) electrons. The quantitative estimate of drug-likeness (QED) is 0.691. The second-order valence-corrected chi connectivity index (χ2v) is 7.49. The van der Waals surface area contributed by atoms with Crippen LogP contribution in [0, 0.1) is 5.92 Å². The van der Waals surface area contributed by atoms with Gasteiger partial charge >= 0.3 is 0 Å². The fourth-order valence-corrected chi connectivity index (χ4v) is 3.96. The first kappa shape index (κ1) is 19.6. The molecular formula is C18H26N4O4S. The molecule has 0 amide bonds. The standard InChI is InChI=1S/C18H26N4O4S/c1-25-16-10-14-15(11-17(16)26-2)19-12-20-18(14)22-8-3-4-13(6-9-22)5-7-21-27(23)24/h10-13,27H,3-9H2,1-2H3,(H,21,23,24). The predicted octanol–water partition coefficient (Wildman–Crippen LogP) is 1.76. The summed E-state index contributed by atoms with van der Waals surface area (Å²) in [7, 11) is 0.721. The van der Waals surface area contributed by atoms with Crippen LogP contribution >= 0.6 is 0 Å². The number of rotatable bonds is 7. The Bertz CT molecular complexity index is 851. The number of thiol groups is 1. The molecular weight excluding hydrogens is 368 g/mol. The van der Waals surface area contributed by atoms with Crippen LogP contribution in [0.5, 0.6) is 11.5 Å². The smallest absolute Gasteiger partial charge is 0.201 e. The summed E-state index contributed by atoms with van der Waals surface area (Å²) >= 11 is 0. The molecule has 8 nitrogen and oxygen atoms in total. The highest BCUT2D eigenvalue weighted by Gasteiger charge is 2.20. The summed E-state index contributed by atoms with van der Waals surface area (Å²) in [6.07, 6.45) is 5.60. The average molecular weight is 394 g/mol. The molecule has 2 heterocycles. The van der Waals surface area contributed by atoms with Crippen LogP contribution in [0.15, 0.2) is 18.5 Å². The van der Waals surface area contributed by atoms with Gasteiger partial charge in [-0.25, -0.2) is 23.1 Å². The van der Waals surface area contributed by atoms with E-state index in [2.05, 4.69) is 19.6 Å². The maximum absolute atomic E-state index is 10.7. The molecule has 1 aliphatic heterocycles. The first-order valence-corrected chi connectivity index (χ1v) is 10.3. The van der Waals surface area contributed by atoms with Crippen LogP contribution in [0.25, 0.3) is 10.9 Å². The minimum Gasteiger partial charge on any atom is -0.493 e. The largest absolute Gasteiger partial charge is 0.493 e. The zero-order valence-electron chi connectivity index (χ0n) is 15.7. The van der Waals surface area contributed by atoms with Crippen molar-refractivity contribution in [1.82, 2.24) is 14.7 Å². The summed E-state index contributed by atoms with van der Waals surface area (Å²) in [4.78, 5) is 11.2. The normalized spacial score (nSPS) is 17.9. The van der Waals surface area contributed by atoms with Gasteiger partial charge in [0.15, 0.2) is 11.5 Å². The molecule has 1 aromatic heterocycles. The van der Waals surface area contributed by atoms with Gasteiger partial charge in [-0.05, 0) is 37.7 Å². The molecule has 1 N–H and O–H groups in total. The van der Waals surface area contributed by atoms with Gasteiger partial charge in [0.2, 0.25) is 10.9 Å². The van der Waals surface area contributed by atoms with Crippen LogP contribution in [0.1, 0.15) is 25.7 Å². The number of benzene rings is 1. The molecule has 0 spiro atoms. The van der Waals surface area contributed by atoms with Crippen molar-refractivity contribution < 1.29 is 17.9 Å². The topological polar surface area (TPSA) is 93.7 Å². The van der Waals surface area contributed by atoms with Crippen molar-refractivity contribution in [3.63, 3.8) is 0 Å². The van der Waals surface area contributed by atoms with E-state index in [9.17, 15) is 8.42 Å². The predicted molar refractivity (Wildman–Crippen MR) is 105 cm³/mol. The van der Waals surface area contributed by atoms with Gasteiger partial charge in [0.25, 0.3) is 0 Å². The second-order valence-electron chi connectivity index (χ2n) is 6.66. The van der Waals surface area contributed by atoms with Crippen molar-refractivity contribution in [2.24, 2.45) is 5.92 Å². The minimum atomic E-state index is -2.51. The number of methoxy groups -OCH3 is 2. The van der Waals surface area contributed by atoms with E-state index in [-0.39, 0.29) is 0 Å². The van der Waals surface area contributed by atoms with Crippen molar-refractivity contribution >= 4 is 27.6 Å². The number of hydrogen-bond donors (Lipinski definition) is 2. The highest BCUT2D eigenvalue weighted by molar-refractivity contribution is 7.70. The first-order chi connectivity index (χ1) is 13.1. The van der Waals surface area contributed by atoms with Gasteiger partial charge in [0.05, 0.1) is 19.7 Å². The van der Waals surface area contributed by atoms with Crippen LogP contribution in [-0.4, -0.2) is 52.2 Å². The van der Waals surface area contributed by atoms with Crippen molar-refractivity contribution in [3.8, 4) is 11.5 Å². The van der Waals surface area contributed by atoms with E-state index in [1.54, 1.807) is 20.5 Å². The van der Waals surface area contributed by atoms with Crippen molar-refractivity contribution in [2.75, 3.05) is 38.8 Å². The molecule has 3 rings (SSSR count). The zero-order chi connectivity index (χ0) is 19.2. The molecule has 1 atom stereocenters. The van der Waals surface area contributed by atoms with Gasteiger partial charge in [-0.3, -0.25) is 0 Å². The van der Waals surface area contributed by atoms with Gasteiger partial charge in [0, 0.05) is 31.1 Å². The highest BCUT2D eigenvalue weighted by Crippen LogP contribution is 2.35. The lowest BCUT2D eigenvalue weighted by atomic mass is 9.97. The van der Waals surface area contributed by atoms with E-state index in [1.165, 1.54) is 0 Å². The van der Waals surface area contributed by atoms with Crippen LogP contribution in [0.3, 0.4) is 0 Å². The molecule has 1 aliphatic rings. The molecule has 1 unspecified atom stereocenters. The number of nitrogens with zero attached hydrogens (tertiary/aromatic N) is 3. The fourth-order valence-electron chi connectivity index (χ4n) is 3.65. The first-order valence-electron chi connectivity index (χ1n) is 9.12. The molecule has 27 heavy (non-hydrogen) atoms. The third-order valence-electron chi connectivity index (χ3n) is 5.06. The molecule has 0 aliphatic carbocycles. The Labute approximate surface area is 161 Å². The van der Waals surface area contributed by atoms with E-state index in [4.69, 9.17) is 9.47 Å². The maximum Gasteiger partial charge on any atom is 0.201 e.